The van der Waals surface area contributed by atoms with Crippen LogP contribution in [-0.2, 0) is 7.05 Å². The van der Waals surface area contributed by atoms with Gasteiger partial charge in [-0.2, -0.15) is 5.10 Å². The summed E-state index contributed by atoms with van der Waals surface area (Å²) in [6, 6.07) is 3.42. The molecule has 10 heteroatoms. The van der Waals surface area contributed by atoms with E-state index >= 15 is 0 Å². The van der Waals surface area contributed by atoms with Crippen LogP contribution in [0.15, 0.2) is 29.6 Å². The number of nitrogens with zero attached hydrogens (tertiary/aromatic N) is 5. The monoisotopic (exact) mass is 446 g/mol. The number of aromatic nitrogens is 4. The van der Waals surface area contributed by atoms with Crippen molar-refractivity contribution in [2.75, 3.05) is 29.6 Å². The standard InChI is InChI=1S/C21H24F2N6OS/c1-13-15-12-26-28(2)19(15)27-18-17(13)20(30)29(14-5-9-24-16(11-14)31-3)10-7-21(22,23)6-4-8-25-18/h5,9,11-12H,4,6-8,10H2,1-3H3,(H,25,27). The summed E-state index contributed by atoms with van der Waals surface area (Å²) in [7, 11) is 1.78. The Balaban J connectivity index is 1.88. The maximum absolute atomic E-state index is 14.5. The molecule has 1 aliphatic rings. The zero-order chi connectivity index (χ0) is 22.2. The van der Waals surface area contributed by atoms with Gasteiger partial charge >= 0.3 is 0 Å². The molecule has 164 valence electrons. The molecule has 7 nitrogen and oxygen atoms in total. The first-order chi connectivity index (χ1) is 14.8. The fourth-order valence-corrected chi connectivity index (χ4v) is 4.21. The van der Waals surface area contributed by atoms with Crippen LogP contribution in [-0.4, -0.2) is 50.9 Å². The van der Waals surface area contributed by atoms with Crippen molar-refractivity contribution in [3.05, 3.63) is 35.7 Å². The Morgan fingerprint density at radius 3 is 2.87 bits per heavy atom. The molecular weight excluding hydrogens is 422 g/mol. The van der Waals surface area contributed by atoms with Gasteiger partial charge in [-0.05, 0) is 37.3 Å². The molecular formula is C21H24F2N6OS. The Kier molecular flexibility index (Phi) is 5.83. The predicted octanol–water partition coefficient (Wildman–Crippen LogP) is 4.27. The van der Waals surface area contributed by atoms with Crippen molar-refractivity contribution in [1.29, 1.82) is 0 Å². The number of halogens is 2. The van der Waals surface area contributed by atoms with Gasteiger partial charge in [-0.15, -0.1) is 11.8 Å². The van der Waals surface area contributed by atoms with Crippen LogP contribution in [0.1, 0.15) is 35.2 Å². The highest BCUT2D eigenvalue weighted by Crippen LogP contribution is 2.32. The molecule has 0 atom stereocenters. The van der Waals surface area contributed by atoms with Crippen LogP contribution >= 0.6 is 11.8 Å². The normalized spacial score (nSPS) is 17.2. The largest absolute Gasteiger partial charge is 0.369 e. The molecule has 0 fully saturated rings. The Bertz CT molecular complexity index is 1130. The number of nitrogens with one attached hydrogen (secondary N) is 1. The molecule has 4 heterocycles. The third-order valence-electron chi connectivity index (χ3n) is 5.55. The maximum atomic E-state index is 14.5. The first kappa shape index (κ1) is 21.5. The summed E-state index contributed by atoms with van der Waals surface area (Å²) >= 11 is 1.43. The zero-order valence-electron chi connectivity index (χ0n) is 17.7. The Hall–Kier alpha value is -2.75. The van der Waals surface area contributed by atoms with E-state index in [0.29, 0.717) is 34.3 Å². The molecule has 31 heavy (non-hydrogen) atoms. The maximum Gasteiger partial charge on any atom is 0.262 e. The SMILES string of the molecule is CSc1cc(N2CCC(F)(F)CCCNc3nc4c(cnn4C)c(C)c3C2=O)ccn1. The number of pyridine rings is 2. The molecule has 0 saturated heterocycles. The molecule has 3 aromatic heterocycles. The molecule has 3 aromatic rings. The summed E-state index contributed by atoms with van der Waals surface area (Å²) < 4.78 is 30.6. The molecule has 4 rings (SSSR count). The number of amides is 1. The third-order valence-corrected chi connectivity index (χ3v) is 6.19. The number of alkyl halides is 2. The minimum absolute atomic E-state index is 0.104. The van der Waals surface area contributed by atoms with Gasteiger partial charge in [-0.25, -0.2) is 18.7 Å². The van der Waals surface area contributed by atoms with E-state index in [0.717, 1.165) is 10.9 Å². The Morgan fingerprint density at radius 2 is 2.10 bits per heavy atom. The number of anilines is 2. The minimum Gasteiger partial charge on any atom is -0.369 e. The van der Waals surface area contributed by atoms with Crippen molar-refractivity contribution in [3.8, 4) is 0 Å². The van der Waals surface area contributed by atoms with Crippen LogP contribution in [0.5, 0.6) is 0 Å². The average Bonchev–Trinajstić information content (AvgIpc) is 3.11. The summed E-state index contributed by atoms with van der Waals surface area (Å²) in [6.45, 7) is 2.04. The van der Waals surface area contributed by atoms with Crippen LogP contribution in [0.3, 0.4) is 0 Å². The molecule has 0 bridgehead atoms. The zero-order valence-corrected chi connectivity index (χ0v) is 18.5. The summed E-state index contributed by atoms with van der Waals surface area (Å²) in [5, 5.41) is 8.86. The van der Waals surface area contributed by atoms with Crippen LogP contribution in [0, 0.1) is 6.92 Å². The van der Waals surface area contributed by atoms with E-state index in [1.807, 2.05) is 13.2 Å². The topological polar surface area (TPSA) is 75.9 Å². The molecule has 0 aliphatic carbocycles. The van der Waals surface area contributed by atoms with Crippen molar-refractivity contribution in [2.45, 2.75) is 37.1 Å². The van der Waals surface area contributed by atoms with E-state index in [-0.39, 0.29) is 25.3 Å². The fraction of sp³-hybridized carbons (Fsp3) is 0.429. The van der Waals surface area contributed by atoms with Crippen molar-refractivity contribution in [2.24, 2.45) is 7.05 Å². The minimum atomic E-state index is -2.86. The Labute approximate surface area is 183 Å². The van der Waals surface area contributed by atoms with Gasteiger partial charge in [-0.3, -0.25) is 9.48 Å². The molecule has 0 aromatic carbocycles. The average molecular weight is 447 g/mol. The van der Waals surface area contributed by atoms with E-state index < -0.39 is 12.3 Å². The number of hydrogen-bond acceptors (Lipinski definition) is 6. The van der Waals surface area contributed by atoms with Crippen molar-refractivity contribution in [3.63, 3.8) is 0 Å². The van der Waals surface area contributed by atoms with Crippen molar-refractivity contribution in [1.82, 2.24) is 19.7 Å². The second-order valence-corrected chi connectivity index (χ2v) is 8.44. The summed E-state index contributed by atoms with van der Waals surface area (Å²) in [5.41, 5.74) is 2.28. The lowest BCUT2D eigenvalue weighted by molar-refractivity contribution is -0.0147. The number of carbonyl (C=O) groups excluding carboxylic acids is 1. The number of aryl methyl sites for hydroxylation is 2. The van der Waals surface area contributed by atoms with E-state index in [1.165, 1.54) is 16.7 Å². The number of carbonyl (C=O) groups is 1. The second-order valence-electron chi connectivity index (χ2n) is 7.62. The van der Waals surface area contributed by atoms with Gasteiger partial charge in [0.1, 0.15) is 5.82 Å². The van der Waals surface area contributed by atoms with E-state index in [4.69, 9.17) is 0 Å². The van der Waals surface area contributed by atoms with Gasteiger partial charge < -0.3 is 10.2 Å². The molecule has 0 saturated carbocycles. The lowest BCUT2D eigenvalue weighted by atomic mass is 10.0. The van der Waals surface area contributed by atoms with Gasteiger partial charge in [-0.1, -0.05) is 0 Å². The first-order valence-corrected chi connectivity index (χ1v) is 11.3. The molecule has 0 unspecified atom stereocenters. The van der Waals surface area contributed by atoms with Crippen molar-refractivity contribution < 1.29 is 13.6 Å². The smallest absolute Gasteiger partial charge is 0.262 e. The first-order valence-electron chi connectivity index (χ1n) is 10.1. The molecule has 1 amide bonds. The summed E-state index contributed by atoms with van der Waals surface area (Å²) in [6.07, 6.45) is 4.75. The van der Waals surface area contributed by atoms with Crippen molar-refractivity contribution >= 4 is 40.2 Å². The van der Waals surface area contributed by atoms with Crippen LogP contribution < -0.4 is 10.2 Å². The van der Waals surface area contributed by atoms with Crippen LogP contribution in [0.25, 0.3) is 11.0 Å². The van der Waals surface area contributed by atoms with Gasteiger partial charge in [0.05, 0.1) is 16.8 Å². The van der Waals surface area contributed by atoms with E-state index in [9.17, 15) is 13.6 Å². The number of thioether (sulfide) groups is 1. The lowest BCUT2D eigenvalue weighted by Crippen LogP contribution is -2.35. The molecule has 1 N–H and O–H groups in total. The van der Waals surface area contributed by atoms with Gasteiger partial charge in [0, 0.05) is 50.2 Å². The van der Waals surface area contributed by atoms with Crippen LogP contribution in [0.2, 0.25) is 0 Å². The Morgan fingerprint density at radius 1 is 1.29 bits per heavy atom. The van der Waals surface area contributed by atoms with E-state index in [2.05, 4.69) is 20.4 Å². The van der Waals surface area contributed by atoms with Crippen LogP contribution in [0.4, 0.5) is 20.3 Å². The second kappa shape index (κ2) is 8.41. The quantitative estimate of drug-likeness (QED) is 0.593. The van der Waals surface area contributed by atoms with Gasteiger partial charge in [0.25, 0.3) is 5.91 Å². The fourth-order valence-electron chi connectivity index (χ4n) is 3.81. The highest BCUT2D eigenvalue weighted by Gasteiger charge is 2.33. The lowest BCUT2D eigenvalue weighted by Gasteiger charge is -2.26. The van der Waals surface area contributed by atoms with Gasteiger partial charge in [0.2, 0.25) is 5.92 Å². The number of hydrogen-bond donors (Lipinski definition) is 1. The highest BCUT2D eigenvalue weighted by atomic mass is 32.2. The molecule has 1 aliphatic heterocycles. The highest BCUT2D eigenvalue weighted by molar-refractivity contribution is 7.98. The van der Waals surface area contributed by atoms with E-state index in [1.54, 1.807) is 36.3 Å². The summed E-state index contributed by atoms with van der Waals surface area (Å²) in [4.78, 5) is 24.1. The predicted molar refractivity (Wildman–Crippen MR) is 118 cm³/mol. The number of rotatable bonds is 2. The third kappa shape index (κ3) is 4.21. The number of fused-ring (bicyclic) bond motifs is 2. The summed E-state index contributed by atoms with van der Waals surface area (Å²) in [5.74, 6) is -2.83. The van der Waals surface area contributed by atoms with Gasteiger partial charge in [0.15, 0.2) is 5.65 Å². The molecule has 0 spiro atoms. The molecule has 0 radical (unpaired) electrons.